The number of aromatic amines is 1. The lowest BCUT2D eigenvalue weighted by Gasteiger charge is -2.06. The first kappa shape index (κ1) is 11.2. The average molecular weight is 230 g/mol. The van der Waals surface area contributed by atoms with Crippen LogP contribution in [-0.4, -0.2) is 15.9 Å². The van der Waals surface area contributed by atoms with Crippen LogP contribution in [0.3, 0.4) is 0 Å². The first-order valence-corrected chi connectivity index (χ1v) is 5.28. The highest BCUT2D eigenvalue weighted by Gasteiger charge is 2.06. The van der Waals surface area contributed by atoms with Crippen LogP contribution < -0.4 is 11.1 Å². The highest BCUT2D eigenvalue weighted by atomic mass is 16.1. The minimum atomic E-state index is -0.147. The number of anilines is 1. The summed E-state index contributed by atoms with van der Waals surface area (Å²) in [7, 11) is 0. The van der Waals surface area contributed by atoms with Crippen LogP contribution in [0.2, 0.25) is 0 Å². The van der Waals surface area contributed by atoms with E-state index in [1.165, 1.54) is 0 Å². The van der Waals surface area contributed by atoms with Crippen molar-refractivity contribution in [2.24, 2.45) is 0 Å². The van der Waals surface area contributed by atoms with E-state index in [-0.39, 0.29) is 5.91 Å². The molecule has 17 heavy (non-hydrogen) atoms. The lowest BCUT2D eigenvalue weighted by molar-refractivity contribution is 0.0950. The van der Waals surface area contributed by atoms with Crippen molar-refractivity contribution in [2.45, 2.75) is 13.5 Å². The molecule has 2 rings (SSSR count). The summed E-state index contributed by atoms with van der Waals surface area (Å²) >= 11 is 0. The second kappa shape index (κ2) is 4.69. The molecule has 0 saturated heterocycles. The summed E-state index contributed by atoms with van der Waals surface area (Å²) in [5, 5.41) is 2.78. The predicted molar refractivity (Wildman–Crippen MR) is 65.3 cm³/mol. The number of hydrogen-bond donors (Lipinski definition) is 3. The third kappa shape index (κ3) is 2.63. The molecule has 0 atom stereocenters. The van der Waals surface area contributed by atoms with Crippen molar-refractivity contribution in [3.63, 3.8) is 0 Å². The maximum atomic E-state index is 11.8. The van der Waals surface area contributed by atoms with Gasteiger partial charge in [0, 0.05) is 17.4 Å². The number of carbonyl (C=O) groups is 1. The summed E-state index contributed by atoms with van der Waals surface area (Å²) in [5.74, 6) is -0.147. The smallest absolute Gasteiger partial charge is 0.251 e. The van der Waals surface area contributed by atoms with Crippen LogP contribution in [0.4, 0.5) is 5.69 Å². The summed E-state index contributed by atoms with van der Waals surface area (Å²) < 4.78 is 0. The Balaban J connectivity index is 2.02. The molecular formula is C12H14N4O. The Morgan fingerprint density at radius 2 is 2.35 bits per heavy atom. The van der Waals surface area contributed by atoms with E-state index in [0.717, 1.165) is 11.3 Å². The molecule has 5 nitrogen and oxygen atoms in total. The number of amides is 1. The molecule has 1 aromatic carbocycles. The van der Waals surface area contributed by atoms with E-state index in [2.05, 4.69) is 15.3 Å². The molecule has 1 aromatic heterocycles. The Morgan fingerprint density at radius 1 is 1.53 bits per heavy atom. The van der Waals surface area contributed by atoms with Crippen molar-refractivity contribution >= 4 is 11.6 Å². The first-order valence-electron chi connectivity index (χ1n) is 5.28. The van der Waals surface area contributed by atoms with Gasteiger partial charge < -0.3 is 16.0 Å². The predicted octanol–water partition coefficient (Wildman–Crippen LogP) is 1.23. The maximum absolute atomic E-state index is 11.8. The van der Waals surface area contributed by atoms with Gasteiger partial charge in [0.2, 0.25) is 0 Å². The van der Waals surface area contributed by atoms with Crippen LogP contribution in [0.15, 0.2) is 30.7 Å². The number of nitrogen functional groups attached to an aromatic ring is 1. The molecule has 0 unspecified atom stereocenters. The molecule has 0 aliphatic rings. The fourth-order valence-corrected chi connectivity index (χ4v) is 1.44. The van der Waals surface area contributed by atoms with E-state index in [1.807, 2.05) is 13.0 Å². The first-order chi connectivity index (χ1) is 8.16. The molecule has 0 aliphatic carbocycles. The molecule has 0 saturated carbocycles. The third-order valence-electron chi connectivity index (χ3n) is 2.54. The number of H-pyrrole nitrogens is 1. The molecule has 2 aromatic rings. The second-order valence-electron chi connectivity index (χ2n) is 3.83. The quantitative estimate of drug-likeness (QED) is 0.693. The highest BCUT2D eigenvalue weighted by Crippen LogP contribution is 2.12. The topological polar surface area (TPSA) is 83.8 Å². The van der Waals surface area contributed by atoms with Gasteiger partial charge in [-0.25, -0.2) is 4.98 Å². The van der Waals surface area contributed by atoms with Crippen LogP contribution in [-0.2, 0) is 6.54 Å². The Bertz CT molecular complexity index is 519. The largest absolute Gasteiger partial charge is 0.398 e. The fraction of sp³-hybridized carbons (Fsp3) is 0.167. The van der Waals surface area contributed by atoms with Gasteiger partial charge in [-0.15, -0.1) is 0 Å². The number of aromatic nitrogens is 2. The fourth-order valence-electron chi connectivity index (χ4n) is 1.44. The number of nitrogens with two attached hydrogens (primary N) is 1. The summed E-state index contributed by atoms with van der Waals surface area (Å²) in [6.45, 7) is 2.33. The molecule has 1 amide bonds. The molecule has 0 spiro atoms. The van der Waals surface area contributed by atoms with Crippen molar-refractivity contribution in [1.29, 1.82) is 0 Å². The SMILES string of the molecule is Cc1ccc(C(=O)NCc2cnc[nH]2)cc1N. The van der Waals surface area contributed by atoms with Gasteiger partial charge in [-0.1, -0.05) is 6.07 Å². The van der Waals surface area contributed by atoms with Gasteiger partial charge in [0.05, 0.1) is 18.6 Å². The zero-order valence-electron chi connectivity index (χ0n) is 9.53. The van der Waals surface area contributed by atoms with Crippen molar-refractivity contribution in [3.8, 4) is 0 Å². The van der Waals surface area contributed by atoms with E-state index >= 15 is 0 Å². The number of imidazole rings is 1. The normalized spacial score (nSPS) is 10.2. The lowest BCUT2D eigenvalue weighted by Crippen LogP contribution is -2.23. The van der Waals surface area contributed by atoms with Gasteiger partial charge in [0.15, 0.2) is 0 Å². The van der Waals surface area contributed by atoms with Gasteiger partial charge in [-0.05, 0) is 24.6 Å². The Labute approximate surface area is 99.1 Å². The second-order valence-corrected chi connectivity index (χ2v) is 3.83. The van der Waals surface area contributed by atoms with Crippen LogP contribution in [0.25, 0.3) is 0 Å². The summed E-state index contributed by atoms with van der Waals surface area (Å²) in [6.07, 6.45) is 3.25. The number of benzene rings is 1. The summed E-state index contributed by atoms with van der Waals surface area (Å²) in [4.78, 5) is 18.6. The van der Waals surface area contributed by atoms with Crippen LogP contribution in [0, 0.1) is 6.92 Å². The van der Waals surface area contributed by atoms with Gasteiger partial charge in [-0.3, -0.25) is 4.79 Å². The molecular weight excluding hydrogens is 216 g/mol. The molecule has 4 N–H and O–H groups in total. The van der Waals surface area contributed by atoms with E-state index in [1.54, 1.807) is 24.7 Å². The monoisotopic (exact) mass is 230 g/mol. The highest BCUT2D eigenvalue weighted by molar-refractivity contribution is 5.95. The Morgan fingerprint density at radius 3 is 3.00 bits per heavy atom. The van der Waals surface area contributed by atoms with Gasteiger partial charge in [0.25, 0.3) is 5.91 Å². The number of nitrogens with one attached hydrogen (secondary N) is 2. The number of nitrogens with zero attached hydrogens (tertiary/aromatic N) is 1. The molecule has 5 heteroatoms. The summed E-state index contributed by atoms with van der Waals surface area (Å²) in [6, 6.07) is 5.27. The van der Waals surface area contributed by atoms with Crippen molar-refractivity contribution < 1.29 is 4.79 Å². The number of hydrogen-bond acceptors (Lipinski definition) is 3. The lowest BCUT2D eigenvalue weighted by atomic mass is 10.1. The van der Waals surface area contributed by atoms with Crippen LogP contribution in [0.1, 0.15) is 21.6 Å². The van der Waals surface area contributed by atoms with Crippen LogP contribution in [0.5, 0.6) is 0 Å². The number of aryl methyl sites for hydroxylation is 1. The Hall–Kier alpha value is -2.30. The zero-order valence-corrected chi connectivity index (χ0v) is 9.53. The molecule has 0 fully saturated rings. The standard InChI is InChI=1S/C12H14N4O/c1-8-2-3-9(4-11(8)13)12(17)15-6-10-5-14-7-16-10/h2-5,7H,6,13H2,1H3,(H,14,16)(H,15,17). The van der Waals surface area contributed by atoms with Crippen molar-refractivity contribution in [1.82, 2.24) is 15.3 Å². The molecule has 0 bridgehead atoms. The van der Waals surface area contributed by atoms with E-state index < -0.39 is 0 Å². The van der Waals surface area contributed by atoms with E-state index in [4.69, 9.17) is 5.73 Å². The molecule has 0 aliphatic heterocycles. The molecule has 0 radical (unpaired) electrons. The zero-order chi connectivity index (χ0) is 12.3. The van der Waals surface area contributed by atoms with Gasteiger partial charge in [-0.2, -0.15) is 0 Å². The summed E-state index contributed by atoms with van der Waals surface area (Å²) in [5.41, 5.74) is 8.77. The molecule has 88 valence electrons. The third-order valence-corrected chi connectivity index (χ3v) is 2.54. The number of carbonyl (C=O) groups excluding carboxylic acids is 1. The van der Waals surface area contributed by atoms with Crippen LogP contribution >= 0.6 is 0 Å². The Kier molecular flexibility index (Phi) is 3.09. The van der Waals surface area contributed by atoms with Crippen molar-refractivity contribution in [2.75, 3.05) is 5.73 Å². The molecule has 1 heterocycles. The van der Waals surface area contributed by atoms with Gasteiger partial charge >= 0.3 is 0 Å². The average Bonchev–Trinajstić information content (AvgIpc) is 2.82. The maximum Gasteiger partial charge on any atom is 0.251 e. The number of rotatable bonds is 3. The van der Waals surface area contributed by atoms with Gasteiger partial charge in [0.1, 0.15) is 0 Å². The van der Waals surface area contributed by atoms with E-state index in [9.17, 15) is 4.79 Å². The van der Waals surface area contributed by atoms with Crippen molar-refractivity contribution in [3.05, 3.63) is 47.5 Å². The van der Waals surface area contributed by atoms with E-state index in [0.29, 0.717) is 17.8 Å². The minimum absolute atomic E-state index is 0.147. The minimum Gasteiger partial charge on any atom is -0.398 e.